The quantitative estimate of drug-likeness (QED) is 0.747. The number of fused-ring (bicyclic) bond motifs is 2. The summed E-state index contributed by atoms with van der Waals surface area (Å²) in [6.07, 6.45) is 2.83. The number of rotatable bonds is 1. The third-order valence-corrected chi connectivity index (χ3v) is 3.85. The molecule has 1 saturated carbocycles. The highest BCUT2D eigenvalue weighted by atomic mass is 35.5. The van der Waals surface area contributed by atoms with Crippen LogP contribution in [0.1, 0.15) is 24.4 Å². The van der Waals surface area contributed by atoms with Crippen LogP contribution < -0.4 is 5.32 Å². The van der Waals surface area contributed by atoms with Crippen molar-refractivity contribution in [3.8, 4) is 0 Å². The maximum atomic E-state index is 5.88. The molecule has 1 atom stereocenters. The van der Waals surface area contributed by atoms with Gasteiger partial charge in [0.15, 0.2) is 0 Å². The van der Waals surface area contributed by atoms with Crippen LogP contribution in [0.5, 0.6) is 0 Å². The number of hydrogen-bond donors (Lipinski definition) is 1. The molecule has 4 rings (SSSR count). The zero-order valence-electron chi connectivity index (χ0n) is 8.04. The highest BCUT2D eigenvalue weighted by molar-refractivity contribution is 6.30. The molecule has 1 nitrogen and oxygen atoms in total. The number of nitrogens with one attached hydrogen (secondary N) is 1. The van der Waals surface area contributed by atoms with Gasteiger partial charge in [-0.25, -0.2) is 0 Å². The Kier molecular flexibility index (Phi) is 2.03. The molecule has 0 radical (unpaired) electrons. The SMILES string of the molecule is Clc1ccc(C2NCC3CC2C3)cc1. The molecule has 1 aromatic carbocycles. The second-order valence-electron chi connectivity index (χ2n) is 4.53. The molecule has 2 saturated heterocycles. The van der Waals surface area contributed by atoms with Gasteiger partial charge in [-0.2, -0.15) is 0 Å². The van der Waals surface area contributed by atoms with E-state index in [0.29, 0.717) is 6.04 Å². The van der Waals surface area contributed by atoms with E-state index >= 15 is 0 Å². The lowest BCUT2D eigenvalue weighted by Gasteiger charge is -2.47. The second-order valence-corrected chi connectivity index (χ2v) is 4.97. The molecule has 0 aromatic heterocycles. The van der Waals surface area contributed by atoms with E-state index in [1.165, 1.54) is 24.9 Å². The highest BCUT2D eigenvalue weighted by Crippen LogP contribution is 2.45. The van der Waals surface area contributed by atoms with Crippen molar-refractivity contribution < 1.29 is 0 Å². The zero-order valence-corrected chi connectivity index (χ0v) is 8.80. The van der Waals surface area contributed by atoms with Crippen molar-refractivity contribution in [2.24, 2.45) is 11.8 Å². The average Bonchev–Trinajstić information content (AvgIpc) is 2.18. The van der Waals surface area contributed by atoms with E-state index in [2.05, 4.69) is 17.4 Å². The van der Waals surface area contributed by atoms with E-state index in [9.17, 15) is 0 Å². The Morgan fingerprint density at radius 3 is 2.43 bits per heavy atom. The van der Waals surface area contributed by atoms with Crippen LogP contribution in [0.4, 0.5) is 0 Å². The topological polar surface area (TPSA) is 12.0 Å². The third-order valence-electron chi connectivity index (χ3n) is 3.60. The number of benzene rings is 1. The minimum absolute atomic E-state index is 0.581. The molecule has 14 heavy (non-hydrogen) atoms. The van der Waals surface area contributed by atoms with Crippen LogP contribution in [0.15, 0.2) is 24.3 Å². The molecule has 1 unspecified atom stereocenters. The van der Waals surface area contributed by atoms with Gasteiger partial charge in [-0.3, -0.25) is 0 Å². The fourth-order valence-corrected chi connectivity index (χ4v) is 2.87. The molecule has 3 aliphatic rings. The van der Waals surface area contributed by atoms with Crippen LogP contribution in [-0.2, 0) is 0 Å². The van der Waals surface area contributed by atoms with E-state index in [4.69, 9.17) is 11.6 Å². The summed E-state index contributed by atoms with van der Waals surface area (Å²) in [4.78, 5) is 0. The maximum Gasteiger partial charge on any atom is 0.0406 e. The highest BCUT2D eigenvalue weighted by Gasteiger charge is 2.40. The summed E-state index contributed by atoms with van der Waals surface area (Å²) in [6, 6.07) is 8.86. The van der Waals surface area contributed by atoms with Gasteiger partial charge in [0.1, 0.15) is 0 Å². The van der Waals surface area contributed by atoms with Crippen molar-refractivity contribution in [3.63, 3.8) is 0 Å². The first-order chi connectivity index (χ1) is 6.83. The third kappa shape index (κ3) is 1.35. The number of halogens is 1. The second kappa shape index (κ2) is 3.25. The van der Waals surface area contributed by atoms with Crippen molar-refractivity contribution in [2.75, 3.05) is 6.54 Å². The lowest BCUT2D eigenvalue weighted by molar-refractivity contribution is 0.0831. The average molecular weight is 208 g/mol. The zero-order chi connectivity index (χ0) is 9.54. The minimum atomic E-state index is 0.581. The summed E-state index contributed by atoms with van der Waals surface area (Å²) in [5.41, 5.74) is 1.40. The van der Waals surface area contributed by atoms with Crippen molar-refractivity contribution in [1.82, 2.24) is 5.32 Å². The van der Waals surface area contributed by atoms with Crippen LogP contribution in [0.3, 0.4) is 0 Å². The van der Waals surface area contributed by atoms with Crippen molar-refractivity contribution in [3.05, 3.63) is 34.9 Å². The van der Waals surface area contributed by atoms with Crippen LogP contribution in [-0.4, -0.2) is 6.54 Å². The van der Waals surface area contributed by atoms with E-state index in [1.54, 1.807) is 0 Å². The Morgan fingerprint density at radius 1 is 1.14 bits per heavy atom. The van der Waals surface area contributed by atoms with Crippen molar-refractivity contribution in [1.29, 1.82) is 0 Å². The lowest BCUT2D eigenvalue weighted by Crippen LogP contribution is -2.47. The molecule has 2 bridgehead atoms. The molecule has 2 heteroatoms. The molecule has 74 valence electrons. The lowest BCUT2D eigenvalue weighted by atomic mass is 9.66. The van der Waals surface area contributed by atoms with Crippen LogP contribution in [0, 0.1) is 11.8 Å². The van der Waals surface area contributed by atoms with Crippen LogP contribution in [0.25, 0.3) is 0 Å². The largest absolute Gasteiger partial charge is 0.309 e. The predicted molar refractivity (Wildman–Crippen MR) is 58.4 cm³/mol. The molecular formula is C12H14ClN. The van der Waals surface area contributed by atoms with Crippen LogP contribution >= 0.6 is 11.6 Å². The fourth-order valence-electron chi connectivity index (χ4n) is 2.75. The molecule has 2 heterocycles. The van der Waals surface area contributed by atoms with E-state index in [-0.39, 0.29) is 0 Å². The summed E-state index contributed by atoms with van der Waals surface area (Å²) in [5.74, 6) is 1.83. The van der Waals surface area contributed by atoms with Gasteiger partial charge in [0.05, 0.1) is 0 Å². The van der Waals surface area contributed by atoms with Crippen LogP contribution in [0.2, 0.25) is 5.02 Å². The first-order valence-corrected chi connectivity index (χ1v) is 5.69. The van der Waals surface area contributed by atoms with Gasteiger partial charge in [-0.05, 0) is 48.9 Å². The molecule has 1 N–H and O–H groups in total. The summed E-state index contributed by atoms with van der Waals surface area (Å²) in [6.45, 7) is 1.20. The smallest absolute Gasteiger partial charge is 0.0406 e. The summed E-state index contributed by atoms with van der Waals surface area (Å²) >= 11 is 5.88. The summed E-state index contributed by atoms with van der Waals surface area (Å²) < 4.78 is 0. The standard InChI is InChI=1S/C12H14ClN/c13-11-3-1-9(2-4-11)12-10-5-8(6-10)7-14-12/h1-4,8,10,12,14H,5-7H2. The first-order valence-electron chi connectivity index (χ1n) is 5.32. The molecule has 1 aromatic rings. The van der Waals surface area contributed by atoms with E-state index in [0.717, 1.165) is 16.9 Å². The normalized spacial score (nSPS) is 35.1. The van der Waals surface area contributed by atoms with E-state index in [1.807, 2.05) is 12.1 Å². The Bertz CT molecular complexity index is 324. The number of piperidine rings is 2. The Balaban J connectivity index is 1.83. The fraction of sp³-hybridized carbons (Fsp3) is 0.500. The van der Waals surface area contributed by atoms with Gasteiger partial charge in [0.25, 0.3) is 0 Å². The van der Waals surface area contributed by atoms with Gasteiger partial charge in [0, 0.05) is 11.1 Å². The molecule has 2 aliphatic heterocycles. The van der Waals surface area contributed by atoms with E-state index < -0.39 is 0 Å². The Labute approximate surface area is 89.5 Å². The van der Waals surface area contributed by atoms with Crippen molar-refractivity contribution in [2.45, 2.75) is 18.9 Å². The number of hydrogen-bond acceptors (Lipinski definition) is 1. The van der Waals surface area contributed by atoms with Gasteiger partial charge in [-0.15, -0.1) is 0 Å². The van der Waals surface area contributed by atoms with Gasteiger partial charge < -0.3 is 5.32 Å². The molecule has 1 aliphatic carbocycles. The Hall–Kier alpha value is -0.530. The first kappa shape index (κ1) is 8.75. The molecule has 0 amide bonds. The molecule has 3 fully saturated rings. The maximum absolute atomic E-state index is 5.88. The van der Waals surface area contributed by atoms with Gasteiger partial charge in [-0.1, -0.05) is 23.7 Å². The van der Waals surface area contributed by atoms with Gasteiger partial charge >= 0.3 is 0 Å². The monoisotopic (exact) mass is 207 g/mol. The Morgan fingerprint density at radius 2 is 1.86 bits per heavy atom. The predicted octanol–water partition coefficient (Wildman–Crippen LogP) is 3.01. The van der Waals surface area contributed by atoms with Gasteiger partial charge in [0.2, 0.25) is 0 Å². The summed E-state index contributed by atoms with van der Waals surface area (Å²) in [5, 5.41) is 4.44. The van der Waals surface area contributed by atoms with Crippen molar-refractivity contribution >= 4 is 11.6 Å². The molecule has 0 spiro atoms. The molecular weight excluding hydrogens is 194 g/mol. The summed E-state index contributed by atoms with van der Waals surface area (Å²) in [7, 11) is 0. The minimum Gasteiger partial charge on any atom is -0.309 e.